The summed E-state index contributed by atoms with van der Waals surface area (Å²) in [6.45, 7) is 3.47. The Morgan fingerprint density at radius 2 is 1.93 bits per heavy atom. The number of hydrogen-bond acceptors (Lipinski definition) is 6. The van der Waals surface area contributed by atoms with Crippen LogP contribution in [0.25, 0.3) is 10.9 Å². The molecule has 1 saturated carbocycles. The van der Waals surface area contributed by atoms with Gasteiger partial charge in [0.2, 0.25) is 5.43 Å². The smallest absolute Gasteiger partial charge is 0.394 e. The fourth-order valence-corrected chi connectivity index (χ4v) is 2.95. The number of fused-ring (bicyclic) bond motifs is 1. The zero-order valence-corrected chi connectivity index (χ0v) is 17.5. The van der Waals surface area contributed by atoms with Gasteiger partial charge in [0, 0.05) is 17.8 Å². The fourth-order valence-electron chi connectivity index (χ4n) is 2.61. The number of nitrogens with zero attached hydrogens (tertiary/aromatic N) is 1. The van der Waals surface area contributed by atoms with E-state index in [0.29, 0.717) is 0 Å². The van der Waals surface area contributed by atoms with Crippen LogP contribution in [0.3, 0.4) is 0 Å². The molecule has 13 heteroatoms. The summed E-state index contributed by atoms with van der Waals surface area (Å²) in [5, 5.41) is 9.11. The van der Waals surface area contributed by atoms with Gasteiger partial charge >= 0.3 is 16.4 Å². The van der Waals surface area contributed by atoms with E-state index in [9.17, 15) is 19.1 Å². The predicted molar refractivity (Wildman–Crippen MR) is 106 cm³/mol. The largest absolute Gasteiger partial charge is 0.487 e. The SMILES string of the molecule is CC(C)(N)COc1c(F)cc2c(=O)c(C(=O)O)cn(C3CC3)c2c1Cl.O=S(=O)(O)O. The summed E-state index contributed by atoms with van der Waals surface area (Å²) in [5.41, 5.74) is 4.25. The van der Waals surface area contributed by atoms with E-state index >= 15 is 0 Å². The number of carbonyl (C=O) groups is 1. The predicted octanol–water partition coefficient (Wildman–Crippen LogP) is 2.29. The van der Waals surface area contributed by atoms with E-state index in [4.69, 9.17) is 39.6 Å². The average molecular weight is 467 g/mol. The van der Waals surface area contributed by atoms with E-state index in [1.165, 1.54) is 6.20 Å². The highest BCUT2D eigenvalue weighted by Crippen LogP contribution is 2.41. The third-order valence-electron chi connectivity index (χ3n) is 3.93. The molecule has 0 radical (unpaired) electrons. The molecule has 0 amide bonds. The van der Waals surface area contributed by atoms with Gasteiger partial charge in [-0.05, 0) is 32.8 Å². The molecule has 1 aliphatic rings. The van der Waals surface area contributed by atoms with Crippen molar-refractivity contribution >= 4 is 38.9 Å². The van der Waals surface area contributed by atoms with E-state index < -0.39 is 38.7 Å². The standard InChI is InChI=1S/C17H18ClFN2O4.H2O4S/c1-17(2,20)7-25-15-11(19)5-9-13(12(15)18)21(8-3-4-8)6-10(14(9)22)16(23)24;1-5(2,3)4/h5-6,8H,3-4,7,20H2,1-2H3,(H,23,24);(H2,1,2,3,4). The number of hydrogen-bond donors (Lipinski definition) is 4. The lowest BCUT2D eigenvalue weighted by molar-refractivity contribution is 0.0694. The first-order chi connectivity index (χ1) is 13.6. The Kier molecular flexibility index (Phi) is 6.79. The molecule has 0 aliphatic heterocycles. The van der Waals surface area contributed by atoms with Gasteiger partial charge in [-0.15, -0.1) is 0 Å². The van der Waals surface area contributed by atoms with Crippen LogP contribution in [0.5, 0.6) is 5.75 Å². The highest BCUT2D eigenvalue weighted by atomic mass is 35.5. The van der Waals surface area contributed by atoms with Gasteiger partial charge in [-0.25, -0.2) is 9.18 Å². The summed E-state index contributed by atoms with van der Waals surface area (Å²) in [7, 11) is -4.67. The summed E-state index contributed by atoms with van der Waals surface area (Å²) in [6, 6.07) is 1.01. The molecule has 166 valence electrons. The highest BCUT2D eigenvalue weighted by molar-refractivity contribution is 7.79. The third kappa shape index (κ3) is 6.12. The molecule has 0 spiro atoms. The van der Waals surface area contributed by atoms with Gasteiger partial charge in [-0.1, -0.05) is 11.6 Å². The number of carboxylic acids is 1. The molecule has 1 fully saturated rings. The van der Waals surface area contributed by atoms with Crippen molar-refractivity contribution < 1.29 is 36.6 Å². The summed E-state index contributed by atoms with van der Waals surface area (Å²) in [5.74, 6) is -2.38. The second-order valence-electron chi connectivity index (χ2n) is 7.44. The van der Waals surface area contributed by atoms with Crippen LogP contribution in [0.2, 0.25) is 5.02 Å². The first-order valence-electron chi connectivity index (χ1n) is 8.52. The number of carboxylic acid groups (broad SMARTS) is 1. The Bertz CT molecular complexity index is 1150. The quantitative estimate of drug-likeness (QED) is 0.482. The highest BCUT2D eigenvalue weighted by Gasteiger charge is 2.30. The van der Waals surface area contributed by atoms with Crippen molar-refractivity contribution in [2.75, 3.05) is 6.61 Å². The van der Waals surface area contributed by atoms with Crippen molar-refractivity contribution in [3.63, 3.8) is 0 Å². The van der Waals surface area contributed by atoms with Crippen molar-refractivity contribution in [1.82, 2.24) is 4.57 Å². The second-order valence-corrected chi connectivity index (χ2v) is 8.71. The van der Waals surface area contributed by atoms with Crippen molar-refractivity contribution in [2.24, 2.45) is 5.73 Å². The van der Waals surface area contributed by atoms with Crippen molar-refractivity contribution in [3.8, 4) is 5.75 Å². The number of ether oxygens (including phenoxy) is 1. The van der Waals surface area contributed by atoms with Gasteiger partial charge in [-0.2, -0.15) is 8.42 Å². The minimum atomic E-state index is -4.67. The summed E-state index contributed by atoms with van der Waals surface area (Å²) < 4.78 is 53.1. The van der Waals surface area contributed by atoms with E-state index in [0.717, 1.165) is 18.9 Å². The maximum atomic E-state index is 14.5. The van der Waals surface area contributed by atoms with Crippen molar-refractivity contribution in [3.05, 3.63) is 38.9 Å². The number of pyridine rings is 1. The Labute approximate surface area is 175 Å². The first-order valence-corrected chi connectivity index (χ1v) is 10.3. The molecule has 10 nitrogen and oxygen atoms in total. The molecular weight excluding hydrogens is 447 g/mol. The van der Waals surface area contributed by atoms with Crippen LogP contribution < -0.4 is 15.9 Å². The number of nitrogens with two attached hydrogens (primary N) is 1. The lowest BCUT2D eigenvalue weighted by atomic mass is 10.1. The maximum absolute atomic E-state index is 14.5. The molecule has 5 N–H and O–H groups in total. The molecule has 1 aromatic carbocycles. The van der Waals surface area contributed by atoms with Crippen LogP contribution in [-0.2, 0) is 10.4 Å². The number of rotatable bonds is 5. The van der Waals surface area contributed by atoms with Gasteiger partial charge < -0.3 is 20.1 Å². The summed E-state index contributed by atoms with van der Waals surface area (Å²) >= 11 is 6.34. The van der Waals surface area contributed by atoms with Crippen LogP contribution in [0.15, 0.2) is 17.1 Å². The molecule has 3 rings (SSSR count). The third-order valence-corrected chi connectivity index (χ3v) is 4.28. The molecule has 2 aromatic rings. The molecule has 0 bridgehead atoms. The molecule has 0 unspecified atom stereocenters. The Morgan fingerprint density at radius 3 is 2.37 bits per heavy atom. The topological polar surface area (TPSA) is 169 Å². The number of halogens is 2. The minimum absolute atomic E-state index is 0.0238. The van der Waals surface area contributed by atoms with E-state index in [1.807, 2.05) is 0 Å². The molecule has 1 aromatic heterocycles. The molecule has 0 saturated heterocycles. The Balaban J connectivity index is 0.000000575. The average Bonchev–Trinajstić information content (AvgIpc) is 3.37. The van der Waals surface area contributed by atoms with Gasteiger partial charge in [0.05, 0.1) is 10.9 Å². The van der Waals surface area contributed by atoms with Crippen molar-refractivity contribution in [2.45, 2.75) is 38.3 Å². The van der Waals surface area contributed by atoms with E-state index in [2.05, 4.69) is 0 Å². The van der Waals surface area contributed by atoms with Crippen LogP contribution in [0, 0.1) is 5.82 Å². The van der Waals surface area contributed by atoms with Gasteiger partial charge in [0.25, 0.3) is 0 Å². The number of benzene rings is 1. The molecule has 0 atom stereocenters. The van der Waals surface area contributed by atoms with E-state index in [1.54, 1.807) is 18.4 Å². The number of aromatic nitrogens is 1. The number of aromatic carboxylic acids is 1. The van der Waals surface area contributed by atoms with Crippen LogP contribution >= 0.6 is 11.6 Å². The zero-order valence-electron chi connectivity index (χ0n) is 15.9. The van der Waals surface area contributed by atoms with Crippen LogP contribution in [0.1, 0.15) is 43.1 Å². The monoisotopic (exact) mass is 466 g/mol. The summed E-state index contributed by atoms with van der Waals surface area (Å²) in [6.07, 6.45) is 2.93. The lowest BCUT2D eigenvalue weighted by Crippen LogP contribution is -2.38. The zero-order chi connectivity index (χ0) is 23.0. The normalized spacial score (nSPS) is 14.2. The fraction of sp³-hybridized carbons (Fsp3) is 0.412. The molecule has 1 heterocycles. The molecule has 30 heavy (non-hydrogen) atoms. The first kappa shape index (κ1) is 24.0. The molecular formula is C17H20ClFN2O8S. The van der Waals surface area contributed by atoms with Crippen molar-refractivity contribution in [1.29, 1.82) is 0 Å². The minimum Gasteiger partial charge on any atom is -0.487 e. The van der Waals surface area contributed by atoms with Gasteiger partial charge in [0.1, 0.15) is 17.2 Å². The molecule has 1 aliphatic carbocycles. The summed E-state index contributed by atoms with van der Waals surface area (Å²) in [4.78, 5) is 23.7. The Morgan fingerprint density at radius 1 is 1.40 bits per heavy atom. The van der Waals surface area contributed by atoms with E-state index in [-0.39, 0.29) is 34.3 Å². The lowest BCUT2D eigenvalue weighted by Gasteiger charge is -2.21. The Hall–Kier alpha value is -2.25. The van der Waals surface area contributed by atoms with Gasteiger partial charge in [0.15, 0.2) is 11.6 Å². The van der Waals surface area contributed by atoms with Gasteiger partial charge in [-0.3, -0.25) is 13.9 Å². The van der Waals surface area contributed by atoms with Crippen LogP contribution in [0.4, 0.5) is 4.39 Å². The maximum Gasteiger partial charge on any atom is 0.394 e. The second kappa shape index (κ2) is 8.47. The van der Waals surface area contributed by atoms with Crippen LogP contribution in [-0.4, -0.2) is 45.3 Å².